The van der Waals surface area contributed by atoms with Crippen LogP contribution in [0.3, 0.4) is 0 Å². The number of carbonyl (C=O) groups excluding carboxylic acids is 3. The number of nitrogens with zero attached hydrogens (tertiary/aromatic N) is 1. The fraction of sp³-hybridized carbons (Fsp3) is 0.643. The zero-order valence-corrected chi connectivity index (χ0v) is 12.0. The molecule has 0 saturated heterocycles. The maximum Gasteiger partial charge on any atom is 0.314 e. The van der Waals surface area contributed by atoms with Crippen molar-refractivity contribution in [3.05, 3.63) is 12.2 Å². The Morgan fingerprint density at radius 3 is 2.25 bits per heavy atom. The number of carbonyl (C=O) groups is 3. The summed E-state index contributed by atoms with van der Waals surface area (Å²) in [6.07, 6.45) is 7.16. The topological polar surface area (TPSA) is 78.5 Å². The molecule has 0 radical (unpaired) electrons. The summed E-state index contributed by atoms with van der Waals surface area (Å²) in [5.41, 5.74) is 0. The highest BCUT2D eigenvalue weighted by Crippen LogP contribution is 2.07. The summed E-state index contributed by atoms with van der Waals surface area (Å²) >= 11 is 0. The van der Waals surface area contributed by atoms with Crippen molar-refractivity contribution >= 4 is 17.8 Å². The van der Waals surface area contributed by atoms with Gasteiger partial charge in [-0.3, -0.25) is 14.5 Å². The summed E-state index contributed by atoms with van der Waals surface area (Å²) in [4.78, 5) is 35.0. The van der Waals surface area contributed by atoms with Gasteiger partial charge in [-0.25, -0.2) is 4.79 Å². The predicted octanol–water partition coefficient (Wildman–Crippen LogP) is 1.18. The number of amides is 4. The van der Waals surface area contributed by atoms with Gasteiger partial charge in [0, 0.05) is 31.8 Å². The van der Waals surface area contributed by atoms with E-state index in [2.05, 4.69) is 10.6 Å². The van der Waals surface area contributed by atoms with Crippen molar-refractivity contribution in [2.45, 2.75) is 39.0 Å². The van der Waals surface area contributed by atoms with E-state index in [9.17, 15) is 14.4 Å². The van der Waals surface area contributed by atoms with Crippen LogP contribution in [0.25, 0.3) is 0 Å². The van der Waals surface area contributed by atoms with Crippen LogP contribution < -0.4 is 10.6 Å². The summed E-state index contributed by atoms with van der Waals surface area (Å²) in [6.45, 7) is 3.83. The molecule has 0 fully saturated rings. The number of hydrogen-bond acceptors (Lipinski definition) is 3. The first-order valence-corrected chi connectivity index (χ1v) is 7.20. The van der Waals surface area contributed by atoms with Crippen LogP contribution in [-0.4, -0.2) is 42.4 Å². The van der Waals surface area contributed by atoms with Gasteiger partial charge >= 0.3 is 6.03 Å². The summed E-state index contributed by atoms with van der Waals surface area (Å²) < 4.78 is 0. The molecular formula is C14H23N3O3. The van der Waals surface area contributed by atoms with Gasteiger partial charge in [-0.1, -0.05) is 19.8 Å². The molecule has 1 rings (SSSR count). The lowest BCUT2D eigenvalue weighted by atomic mass is 10.2. The van der Waals surface area contributed by atoms with Gasteiger partial charge in [0.05, 0.1) is 0 Å². The van der Waals surface area contributed by atoms with E-state index in [0.717, 1.165) is 32.1 Å². The monoisotopic (exact) mass is 281 g/mol. The van der Waals surface area contributed by atoms with E-state index in [0.29, 0.717) is 19.6 Å². The zero-order chi connectivity index (χ0) is 14.8. The normalized spacial score (nSPS) is 13.9. The van der Waals surface area contributed by atoms with Crippen molar-refractivity contribution in [1.82, 2.24) is 15.5 Å². The second-order valence-corrected chi connectivity index (χ2v) is 4.76. The van der Waals surface area contributed by atoms with Crippen LogP contribution in [0.15, 0.2) is 12.2 Å². The highest BCUT2D eigenvalue weighted by atomic mass is 16.2. The Labute approximate surface area is 119 Å². The zero-order valence-electron chi connectivity index (χ0n) is 12.0. The highest BCUT2D eigenvalue weighted by molar-refractivity contribution is 6.12. The van der Waals surface area contributed by atoms with E-state index in [-0.39, 0.29) is 17.8 Å². The van der Waals surface area contributed by atoms with Gasteiger partial charge in [0.1, 0.15) is 0 Å². The molecule has 112 valence electrons. The lowest BCUT2D eigenvalue weighted by Crippen LogP contribution is -2.36. The van der Waals surface area contributed by atoms with Crippen LogP contribution in [0.4, 0.5) is 4.79 Å². The number of nitrogens with one attached hydrogen (secondary N) is 2. The smallest absolute Gasteiger partial charge is 0.314 e. The molecule has 4 amide bonds. The average Bonchev–Trinajstić information content (AvgIpc) is 2.75. The molecular weight excluding hydrogens is 258 g/mol. The van der Waals surface area contributed by atoms with Gasteiger partial charge in [-0.2, -0.15) is 0 Å². The minimum absolute atomic E-state index is 0.119. The van der Waals surface area contributed by atoms with Crippen LogP contribution in [0.5, 0.6) is 0 Å². The fourth-order valence-electron chi connectivity index (χ4n) is 1.90. The summed E-state index contributed by atoms with van der Waals surface area (Å²) in [7, 11) is 0. The van der Waals surface area contributed by atoms with E-state index in [1.54, 1.807) is 0 Å². The molecule has 0 bridgehead atoms. The maximum absolute atomic E-state index is 11.3. The molecule has 1 aliphatic heterocycles. The largest absolute Gasteiger partial charge is 0.338 e. The maximum atomic E-state index is 11.3. The van der Waals surface area contributed by atoms with Crippen LogP contribution in [0, 0.1) is 0 Å². The van der Waals surface area contributed by atoms with Crippen molar-refractivity contribution in [2.75, 3.05) is 19.6 Å². The highest BCUT2D eigenvalue weighted by Gasteiger charge is 2.21. The molecule has 1 aliphatic rings. The summed E-state index contributed by atoms with van der Waals surface area (Å²) in [5.74, 6) is -0.437. The molecule has 1 heterocycles. The van der Waals surface area contributed by atoms with Crippen molar-refractivity contribution in [3.63, 3.8) is 0 Å². The van der Waals surface area contributed by atoms with Crippen molar-refractivity contribution in [2.24, 2.45) is 0 Å². The number of rotatable bonds is 9. The number of urea groups is 1. The Hall–Kier alpha value is -1.85. The average molecular weight is 281 g/mol. The van der Waals surface area contributed by atoms with E-state index < -0.39 is 0 Å². The second-order valence-electron chi connectivity index (χ2n) is 4.76. The molecule has 0 aromatic carbocycles. The standard InChI is InChI=1S/C14H23N3O3/c1-2-9-15-14(20)16-10-5-3-4-6-11-17-12(18)7-8-13(17)19/h7-8H,2-6,9-11H2,1H3,(H2,15,16,20). The van der Waals surface area contributed by atoms with Gasteiger partial charge < -0.3 is 10.6 Å². The van der Waals surface area contributed by atoms with Crippen molar-refractivity contribution < 1.29 is 14.4 Å². The van der Waals surface area contributed by atoms with Crippen molar-refractivity contribution in [1.29, 1.82) is 0 Å². The third-order valence-corrected chi connectivity index (χ3v) is 3.03. The van der Waals surface area contributed by atoms with Crippen LogP contribution in [0.1, 0.15) is 39.0 Å². The Balaban J connectivity index is 1.94. The molecule has 0 aromatic heterocycles. The first kappa shape index (κ1) is 16.2. The summed E-state index contributed by atoms with van der Waals surface area (Å²) in [6, 6.07) is -0.119. The third kappa shape index (κ3) is 5.86. The van der Waals surface area contributed by atoms with E-state index in [1.165, 1.54) is 17.1 Å². The molecule has 0 spiro atoms. The first-order chi connectivity index (χ1) is 9.65. The van der Waals surface area contributed by atoms with E-state index >= 15 is 0 Å². The van der Waals surface area contributed by atoms with Gasteiger partial charge in [-0.15, -0.1) is 0 Å². The number of unbranched alkanes of at least 4 members (excludes halogenated alkanes) is 3. The molecule has 2 N–H and O–H groups in total. The number of hydrogen-bond donors (Lipinski definition) is 2. The molecule has 0 unspecified atom stereocenters. The minimum Gasteiger partial charge on any atom is -0.338 e. The molecule has 0 saturated carbocycles. The minimum atomic E-state index is -0.218. The molecule has 20 heavy (non-hydrogen) atoms. The third-order valence-electron chi connectivity index (χ3n) is 3.03. The first-order valence-electron chi connectivity index (χ1n) is 7.20. The van der Waals surface area contributed by atoms with Gasteiger partial charge in [0.25, 0.3) is 11.8 Å². The van der Waals surface area contributed by atoms with E-state index in [4.69, 9.17) is 0 Å². The van der Waals surface area contributed by atoms with Crippen LogP contribution >= 0.6 is 0 Å². The quantitative estimate of drug-likeness (QED) is 0.492. The molecule has 0 aromatic rings. The lowest BCUT2D eigenvalue weighted by molar-refractivity contribution is -0.136. The SMILES string of the molecule is CCCNC(=O)NCCCCCCN1C(=O)C=CC1=O. The second kappa shape index (κ2) is 9.12. The van der Waals surface area contributed by atoms with Gasteiger partial charge in [-0.05, 0) is 19.3 Å². The van der Waals surface area contributed by atoms with Crippen molar-refractivity contribution in [3.8, 4) is 0 Å². The van der Waals surface area contributed by atoms with Gasteiger partial charge in [0.2, 0.25) is 0 Å². The molecule has 6 nitrogen and oxygen atoms in total. The van der Waals surface area contributed by atoms with E-state index in [1.807, 2.05) is 6.92 Å². The Morgan fingerprint density at radius 1 is 1.00 bits per heavy atom. The van der Waals surface area contributed by atoms with Gasteiger partial charge in [0.15, 0.2) is 0 Å². The fourth-order valence-corrected chi connectivity index (χ4v) is 1.90. The van der Waals surface area contributed by atoms with Crippen LogP contribution in [0.2, 0.25) is 0 Å². The summed E-state index contributed by atoms with van der Waals surface area (Å²) in [5, 5.41) is 5.53. The molecule has 0 atom stereocenters. The Kier molecular flexibility index (Phi) is 7.39. The van der Waals surface area contributed by atoms with Crippen LogP contribution in [-0.2, 0) is 9.59 Å². The molecule has 6 heteroatoms. The Morgan fingerprint density at radius 2 is 1.60 bits per heavy atom. The predicted molar refractivity (Wildman–Crippen MR) is 76.0 cm³/mol. The Bertz CT molecular complexity index is 362. The molecule has 0 aliphatic carbocycles. The number of imide groups is 1. The lowest BCUT2D eigenvalue weighted by Gasteiger charge is -2.13.